The van der Waals surface area contributed by atoms with Gasteiger partial charge >= 0.3 is 11.9 Å². The fourth-order valence-electron chi connectivity index (χ4n) is 3.04. The van der Waals surface area contributed by atoms with Gasteiger partial charge in [0.05, 0.1) is 13.2 Å². The molecule has 1 atom stereocenters. The standard InChI is InChI=1S/C20H36O4/c1-14(15-10-8-9-11-15)16(17(21)23-12-19(2,3)4)18(22)24-13-20(5,6)7/h14-16H,8-13H2,1-7H3. The number of rotatable bonds is 6. The minimum Gasteiger partial charge on any atom is -0.464 e. The third kappa shape index (κ3) is 7.23. The highest BCUT2D eigenvalue weighted by atomic mass is 16.6. The first-order valence-corrected chi connectivity index (χ1v) is 9.24. The highest BCUT2D eigenvalue weighted by molar-refractivity contribution is 5.95. The van der Waals surface area contributed by atoms with E-state index in [1.165, 1.54) is 12.8 Å². The van der Waals surface area contributed by atoms with Crippen LogP contribution in [0.15, 0.2) is 0 Å². The topological polar surface area (TPSA) is 52.6 Å². The van der Waals surface area contributed by atoms with Crippen LogP contribution < -0.4 is 0 Å². The van der Waals surface area contributed by atoms with Crippen LogP contribution in [0.1, 0.15) is 74.1 Å². The van der Waals surface area contributed by atoms with Gasteiger partial charge in [-0.05, 0) is 22.7 Å². The fraction of sp³-hybridized carbons (Fsp3) is 0.900. The molecule has 4 nitrogen and oxygen atoms in total. The molecule has 0 aromatic rings. The van der Waals surface area contributed by atoms with Gasteiger partial charge in [-0.3, -0.25) is 9.59 Å². The Balaban J connectivity index is 2.81. The lowest BCUT2D eigenvalue weighted by atomic mass is 9.81. The average molecular weight is 341 g/mol. The molecule has 0 aromatic carbocycles. The number of hydrogen-bond acceptors (Lipinski definition) is 4. The minimum absolute atomic E-state index is 0.0348. The molecule has 1 saturated carbocycles. The SMILES string of the molecule is CC(C1CCCC1)C(C(=O)OCC(C)(C)C)C(=O)OCC(C)(C)C. The molecule has 0 saturated heterocycles. The quantitative estimate of drug-likeness (QED) is 0.523. The molecule has 1 aliphatic carbocycles. The highest BCUT2D eigenvalue weighted by Crippen LogP contribution is 2.36. The Labute approximate surface area is 147 Å². The van der Waals surface area contributed by atoms with Crippen LogP contribution in [0.2, 0.25) is 0 Å². The first-order valence-electron chi connectivity index (χ1n) is 9.24. The van der Waals surface area contributed by atoms with E-state index in [1.54, 1.807) is 0 Å². The van der Waals surface area contributed by atoms with Gasteiger partial charge in [0.2, 0.25) is 0 Å². The second-order valence-corrected chi connectivity index (χ2v) is 9.72. The van der Waals surface area contributed by atoms with Gasteiger partial charge in [-0.15, -0.1) is 0 Å². The molecule has 24 heavy (non-hydrogen) atoms. The van der Waals surface area contributed by atoms with E-state index in [0.29, 0.717) is 19.1 Å². The molecule has 1 unspecified atom stereocenters. The third-order valence-electron chi connectivity index (χ3n) is 4.47. The predicted octanol–water partition coefficient (Wildman–Crippen LogP) is 4.61. The van der Waals surface area contributed by atoms with Crippen LogP contribution in [0, 0.1) is 28.6 Å². The highest BCUT2D eigenvalue weighted by Gasteiger charge is 2.40. The van der Waals surface area contributed by atoms with Crippen LogP contribution in [0.4, 0.5) is 0 Å². The summed E-state index contributed by atoms with van der Waals surface area (Å²) in [5.74, 6) is -1.30. The second-order valence-electron chi connectivity index (χ2n) is 9.72. The molecule has 1 aliphatic rings. The second kappa shape index (κ2) is 8.35. The van der Waals surface area contributed by atoms with Gasteiger partial charge in [-0.2, -0.15) is 0 Å². The lowest BCUT2D eigenvalue weighted by Crippen LogP contribution is -2.38. The zero-order valence-corrected chi connectivity index (χ0v) is 16.6. The summed E-state index contributed by atoms with van der Waals surface area (Å²) in [6, 6.07) is 0. The van der Waals surface area contributed by atoms with E-state index in [1.807, 2.05) is 48.5 Å². The molecule has 0 bridgehead atoms. The smallest absolute Gasteiger partial charge is 0.320 e. The van der Waals surface area contributed by atoms with Crippen LogP contribution >= 0.6 is 0 Å². The molecule has 4 heteroatoms. The summed E-state index contributed by atoms with van der Waals surface area (Å²) in [5, 5.41) is 0. The number of ether oxygens (including phenoxy) is 2. The van der Waals surface area contributed by atoms with E-state index in [2.05, 4.69) is 0 Å². The van der Waals surface area contributed by atoms with Crippen LogP contribution in [-0.2, 0) is 19.1 Å². The van der Waals surface area contributed by atoms with Gasteiger partial charge in [-0.1, -0.05) is 74.1 Å². The van der Waals surface area contributed by atoms with E-state index < -0.39 is 17.9 Å². The summed E-state index contributed by atoms with van der Waals surface area (Å²) < 4.78 is 10.9. The zero-order chi connectivity index (χ0) is 18.5. The Kier molecular flexibility index (Phi) is 7.30. The maximum Gasteiger partial charge on any atom is 0.320 e. The summed E-state index contributed by atoms with van der Waals surface area (Å²) in [7, 11) is 0. The van der Waals surface area contributed by atoms with Crippen LogP contribution in [0.25, 0.3) is 0 Å². The van der Waals surface area contributed by atoms with Crippen LogP contribution in [-0.4, -0.2) is 25.2 Å². The Morgan fingerprint density at radius 1 is 0.875 bits per heavy atom. The summed E-state index contributed by atoms with van der Waals surface area (Å²) in [6.07, 6.45) is 4.51. The predicted molar refractivity (Wildman–Crippen MR) is 95.4 cm³/mol. The number of hydrogen-bond donors (Lipinski definition) is 0. The first kappa shape index (κ1) is 21.0. The van der Waals surface area contributed by atoms with E-state index in [9.17, 15) is 9.59 Å². The van der Waals surface area contributed by atoms with Crippen molar-refractivity contribution in [1.82, 2.24) is 0 Å². The molecule has 0 N–H and O–H groups in total. The molecule has 140 valence electrons. The average Bonchev–Trinajstić information content (AvgIpc) is 2.95. The van der Waals surface area contributed by atoms with Crippen molar-refractivity contribution in [1.29, 1.82) is 0 Å². The summed E-state index contributed by atoms with van der Waals surface area (Å²) in [4.78, 5) is 25.3. The molecular weight excluding hydrogens is 304 g/mol. The maximum absolute atomic E-state index is 12.6. The fourth-order valence-corrected chi connectivity index (χ4v) is 3.04. The largest absolute Gasteiger partial charge is 0.464 e. The molecule has 0 heterocycles. The third-order valence-corrected chi connectivity index (χ3v) is 4.47. The van der Waals surface area contributed by atoms with Gasteiger partial charge in [0.25, 0.3) is 0 Å². The molecule has 0 amide bonds. The molecule has 0 aliphatic heterocycles. The van der Waals surface area contributed by atoms with Crippen molar-refractivity contribution in [3.63, 3.8) is 0 Å². The van der Waals surface area contributed by atoms with Gasteiger partial charge < -0.3 is 9.47 Å². The lowest BCUT2D eigenvalue weighted by Gasteiger charge is -2.28. The molecule has 0 radical (unpaired) electrons. The van der Waals surface area contributed by atoms with E-state index in [0.717, 1.165) is 12.8 Å². The van der Waals surface area contributed by atoms with Gasteiger partial charge in [0.1, 0.15) is 0 Å². The normalized spacial score (nSPS) is 17.8. The number of carbonyl (C=O) groups excluding carboxylic acids is 2. The number of esters is 2. The monoisotopic (exact) mass is 340 g/mol. The Bertz CT molecular complexity index is 392. The van der Waals surface area contributed by atoms with Crippen molar-refractivity contribution >= 4 is 11.9 Å². The summed E-state index contributed by atoms with van der Waals surface area (Å²) in [5.41, 5.74) is -0.238. The molecule has 1 fully saturated rings. The van der Waals surface area contributed by atoms with Crippen molar-refractivity contribution in [2.75, 3.05) is 13.2 Å². The molecule has 1 rings (SSSR count). The van der Waals surface area contributed by atoms with Gasteiger partial charge in [0.15, 0.2) is 5.92 Å². The van der Waals surface area contributed by atoms with Crippen LogP contribution in [0.5, 0.6) is 0 Å². The Morgan fingerprint density at radius 3 is 1.58 bits per heavy atom. The van der Waals surface area contributed by atoms with Crippen molar-refractivity contribution in [2.45, 2.75) is 74.1 Å². The molecular formula is C20H36O4. The Hall–Kier alpha value is -1.06. The van der Waals surface area contributed by atoms with Crippen molar-refractivity contribution in [3.05, 3.63) is 0 Å². The van der Waals surface area contributed by atoms with Gasteiger partial charge in [0, 0.05) is 0 Å². The van der Waals surface area contributed by atoms with E-state index in [-0.39, 0.29) is 16.7 Å². The maximum atomic E-state index is 12.6. The van der Waals surface area contributed by atoms with E-state index >= 15 is 0 Å². The Morgan fingerprint density at radius 2 is 1.25 bits per heavy atom. The summed E-state index contributed by atoms with van der Waals surface area (Å²) >= 11 is 0. The first-order chi connectivity index (χ1) is 10.9. The molecule has 0 spiro atoms. The van der Waals surface area contributed by atoms with Gasteiger partial charge in [-0.25, -0.2) is 0 Å². The van der Waals surface area contributed by atoms with Crippen molar-refractivity contribution in [3.8, 4) is 0 Å². The molecule has 0 aromatic heterocycles. The minimum atomic E-state index is -0.808. The lowest BCUT2D eigenvalue weighted by molar-refractivity contribution is -0.168. The summed E-state index contributed by atoms with van der Waals surface area (Å²) in [6.45, 7) is 14.7. The van der Waals surface area contributed by atoms with Crippen LogP contribution in [0.3, 0.4) is 0 Å². The number of carbonyl (C=O) groups is 2. The van der Waals surface area contributed by atoms with E-state index in [4.69, 9.17) is 9.47 Å². The zero-order valence-electron chi connectivity index (χ0n) is 16.6. The van der Waals surface area contributed by atoms with Crippen molar-refractivity contribution < 1.29 is 19.1 Å². The van der Waals surface area contributed by atoms with Crippen molar-refractivity contribution in [2.24, 2.45) is 28.6 Å².